The highest BCUT2D eigenvalue weighted by Crippen LogP contribution is 2.36. The zero-order valence-corrected chi connectivity index (χ0v) is 15.2. The third-order valence-corrected chi connectivity index (χ3v) is 4.71. The maximum absolute atomic E-state index is 14.4. The monoisotopic (exact) mass is 384 g/mol. The van der Waals surface area contributed by atoms with Crippen LogP contribution in [0, 0.1) is 18.6 Å². The van der Waals surface area contributed by atoms with E-state index in [0.717, 1.165) is 17.7 Å². The molecule has 1 aliphatic heterocycles. The first-order valence-electron chi connectivity index (χ1n) is 8.87. The number of hydrogen-bond donors (Lipinski definition) is 0. The Hall–Kier alpha value is -2.90. The van der Waals surface area contributed by atoms with E-state index in [1.165, 1.54) is 16.8 Å². The molecule has 1 fully saturated rings. The molecule has 5 nitrogen and oxygen atoms in total. The highest BCUT2D eigenvalue weighted by molar-refractivity contribution is 5.39. The standard InChI is InChI=1S/C21H18F2N2O3/c1-14-4-2-3-5-19(14)25-20(26)9-7-16(24-25)13-21(27-10-11-28-21)17-8-6-15(22)12-18(17)23/h2-9,12H,10-11,13H2,1H3. The summed E-state index contributed by atoms with van der Waals surface area (Å²) in [6.07, 6.45) is 0.0711. The van der Waals surface area contributed by atoms with E-state index in [4.69, 9.17) is 9.47 Å². The summed E-state index contributed by atoms with van der Waals surface area (Å²) < 4.78 is 40.5. The van der Waals surface area contributed by atoms with Crippen LogP contribution in [-0.4, -0.2) is 23.0 Å². The lowest BCUT2D eigenvalue weighted by Crippen LogP contribution is -2.33. The largest absolute Gasteiger partial charge is 0.343 e. The summed E-state index contributed by atoms with van der Waals surface area (Å²) in [6, 6.07) is 13.6. The van der Waals surface area contributed by atoms with Gasteiger partial charge in [0.1, 0.15) is 11.6 Å². The van der Waals surface area contributed by atoms with Crippen molar-refractivity contribution in [3.63, 3.8) is 0 Å². The van der Waals surface area contributed by atoms with Gasteiger partial charge in [0.15, 0.2) is 0 Å². The van der Waals surface area contributed by atoms with Crippen LogP contribution in [0.15, 0.2) is 59.4 Å². The molecule has 2 aromatic carbocycles. The van der Waals surface area contributed by atoms with E-state index in [2.05, 4.69) is 5.10 Å². The first-order chi connectivity index (χ1) is 13.5. The topological polar surface area (TPSA) is 53.4 Å². The number of para-hydroxylation sites is 1. The van der Waals surface area contributed by atoms with Crippen molar-refractivity contribution >= 4 is 0 Å². The van der Waals surface area contributed by atoms with Gasteiger partial charge in [0.2, 0.25) is 5.79 Å². The fourth-order valence-corrected chi connectivity index (χ4v) is 3.36. The molecule has 144 valence electrons. The van der Waals surface area contributed by atoms with Gasteiger partial charge in [-0.1, -0.05) is 18.2 Å². The average molecular weight is 384 g/mol. The molecule has 3 aromatic rings. The first-order valence-corrected chi connectivity index (χ1v) is 8.87. The van der Waals surface area contributed by atoms with Crippen LogP contribution >= 0.6 is 0 Å². The van der Waals surface area contributed by atoms with Gasteiger partial charge in [-0.15, -0.1) is 0 Å². The molecule has 2 heterocycles. The number of rotatable bonds is 4. The fraction of sp³-hybridized carbons (Fsp3) is 0.238. The number of aryl methyl sites for hydroxylation is 1. The van der Waals surface area contributed by atoms with Crippen molar-refractivity contribution in [2.45, 2.75) is 19.1 Å². The van der Waals surface area contributed by atoms with E-state index in [0.29, 0.717) is 11.4 Å². The van der Waals surface area contributed by atoms with Crippen molar-refractivity contribution in [2.24, 2.45) is 0 Å². The number of hydrogen-bond acceptors (Lipinski definition) is 4. The van der Waals surface area contributed by atoms with Gasteiger partial charge in [-0.25, -0.2) is 8.78 Å². The van der Waals surface area contributed by atoms with Crippen LogP contribution < -0.4 is 5.56 Å². The van der Waals surface area contributed by atoms with Gasteiger partial charge in [0, 0.05) is 17.7 Å². The molecule has 0 radical (unpaired) electrons. The van der Waals surface area contributed by atoms with E-state index in [9.17, 15) is 13.6 Å². The Balaban J connectivity index is 1.76. The van der Waals surface area contributed by atoms with Crippen molar-refractivity contribution in [3.05, 3.63) is 93.4 Å². The SMILES string of the molecule is Cc1ccccc1-n1nc(CC2(c3ccc(F)cc3F)OCCO2)ccc1=O. The van der Waals surface area contributed by atoms with Crippen molar-refractivity contribution in [2.75, 3.05) is 13.2 Å². The molecule has 0 amide bonds. The minimum Gasteiger partial charge on any atom is -0.343 e. The number of halogens is 2. The number of ether oxygens (including phenoxy) is 2. The summed E-state index contributed by atoms with van der Waals surface area (Å²) >= 11 is 0. The molecule has 0 saturated carbocycles. The maximum Gasteiger partial charge on any atom is 0.271 e. The second kappa shape index (κ2) is 7.26. The normalized spacial score (nSPS) is 15.7. The highest BCUT2D eigenvalue weighted by atomic mass is 19.1. The molecule has 0 N–H and O–H groups in total. The van der Waals surface area contributed by atoms with Crippen LogP contribution in [0.2, 0.25) is 0 Å². The molecule has 0 atom stereocenters. The van der Waals surface area contributed by atoms with Crippen LogP contribution in [0.25, 0.3) is 5.69 Å². The van der Waals surface area contributed by atoms with Crippen molar-refractivity contribution < 1.29 is 18.3 Å². The summed E-state index contributed by atoms with van der Waals surface area (Å²) in [4.78, 5) is 12.3. The molecule has 1 saturated heterocycles. The van der Waals surface area contributed by atoms with E-state index in [-0.39, 0.29) is 30.8 Å². The third kappa shape index (κ3) is 3.34. The molecule has 0 aliphatic carbocycles. The van der Waals surface area contributed by atoms with Gasteiger partial charge in [-0.2, -0.15) is 9.78 Å². The van der Waals surface area contributed by atoms with Crippen LogP contribution in [0.4, 0.5) is 8.78 Å². The average Bonchev–Trinajstić information content (AvgIpc) is 3.13. The quantitative estimate of drug-likeness (QED) is 0.693. The van der Waals surface area contributed by atoms with Gasteiger partial charge in [0.25, 0.3) is 5.56 Å². The number of nitrogens with zero attached hydrogens (tertiary/aromatic N) is 2. The van der Waals surface area contributed by atoms with Crippen LogP contribution in [0.3, 0.4) is 0 Å². The van der Waals surface area contributed by atoms with Gasteiger partial charge < -0.3 is 9.47 Å². The second-order valence-corrected chi connectivity index (χ2v) is 6.61. The lowest BCUT2D eigenvalue weighted by Gasteiger charge is -2.28. The predicted molar refractivity (Wildman–Crippen MR) is 98.2 cm³/mol. The maximum atomic E-state index is 14.4. The summed E-state index contributed by atoms with van der Waals surface area (Å²) in [5.41, 5.74) is 1.84. The molecule has 4 rings (SSSR count). The van der Waals surface area contributed by atoms with Crippen molar-refractivity contribution in [3.8, 4) is 5.69 Å². The minimum absolute atomic E-state index is 0.0711. The van der Waals surface area contributed by atoms with E-state index in [1.54, 1.807) is 12.1 Å². The lowest BCUT2D eigenvalue weighted by atomic mass is 9.99. The van der Waals surface area contributed by atoms with Gasteiger partial charge in [-0.05, 0) is 36.8 Å². The molecule has 1 aromatic heterocycles. The highest BCUT2D eigenvalue weighted by Gasteiger charge is 2.41. The Bertz CT molecular complexity index is 1080. The van der Waals surface area contributed by atoms with Gasteiger partial charge in [-0.3, -0.25) is 4.79 Å². The Labute approximate surface area is 160 Å². The van der Waals surface area contributed by atoms with Crippen molar-refractivity contribution in [1.29, 1.82) is 0 Å². The van der Waals surface area contributed by atoms with Crippen LogP contribution in [0.5, 0.6) is 0 Å². The summed E-state index contributed by atoms with van der Waals surface area (Å²) in [5, 5.41) is 4.43. The zero-order valence-electron chi connectivity index (χ0n) is 15.2. The Morgan fingerprint density at radius 2 is 1.82 bits per heavy atom. The molecule has 0 unspecified atom stereocenters. The molecule has 28 heavy (non-hydrogen) atoms. The van der Waals surface area contributed by atoms with Gasteiger partial charge in [0.05, 0.1) is 31.0 Å². The second-order valence-electron chi connectivity index (χ2n) is 6.61. The lowest BCUT2D eigenvalue weighted by molar-refractivity contribution is -0.167. The smallest absolute Gasteiger partial charge is 0.271 e. The summed E-state index contributed by atoms with van der Waals surface area (Å²) in [5.74, 6) is -2.85. The summed E-state index contributed by atoms with van der Waals surface area (Å²) in [7, 11) is 0. The minimum atomic E-state index is -1.42. The van der Waals surface area contributed by atoms with Crippen LogP contribution in [-0.2, 0) is 21.7 Å². The molecule has 0 bridgehead atoms. The Morgan fingerprint density at radius 3 is 2.54 bits per heavy atom. The van der Waals surface area contributed by atoms with E-state index < -0.39 is 17.4 Å². The van der Waals surface area contributed by atoms with E-state index in [1.807, 2.05) is 25.1 Å². The number of aromatic nitrogens is 2. The first kappa shape index (κ1) is 18.5. The fourth-order valence-electron chi connectivity index (χ4n) is 3.36. The molecular weight excluding hydrogens is 366 g/mol. The third-order valence-electron chi connectivity index (χ3n) is 4.71. The van der Waals surface area contributed by atoms with Crippen LogP contribution in [0.1, 0.15) is 16.8 Å². The molecule has 0 spiro atoms. The molecule has 1 aliphatic rings. The molecule has 7 heteroatoms. The number of benzene rings is 2. The van der Waals surface area contributed by atoms with Crippen molar-refractivity contribution in [1.82, 2.24) is 9.78 Å². The Kier molecular flexibility index (Phi) is 4.78. The summed E-state index contributed by atoms with van der Waals surface area (Å²) in [6.45, 7) is 2.43. The predicted octanol–water partition coefficient (Wildman–Crippen LogP) is 3.26. The van der Waals surface area contributed by atoms with Gasteiger partial charge >= 0.3 is 0 Å². The molecular formula is C21H18F2N2O3. The Morgan fingerprint density at radius 1 is 1.07 bits per heavy atom. The zero-order chi connectivity index (χ0) is 19.7. The van der Waals surface area contributed by atoms with E-state index >= 15 is 0 Å².